The van der Waals surface area contributed by atoms with Gasteiger partial charge in [0.1, 0.15) is 12.4 Å². The Balaban J connectivity index is 1.74. The lowest BCUT2D eigenvalue weighted by molar-refractivity contribution is -0.385. The maximum Gasteiger partial charge on any atom is 0.338 e. The van der Waals surface area contributed by atoms with Crippen molar-refractivity contribution in [3.63, 3.8) is 0 Å². The molecule has 0 aliphatic carbocycles. The lowest BCUT2D eigenvalue weighted by Gasteiger charge is -2.09. The van der Waals surface area contributed by atoms with Crippen LogP contribution in [0.15, 0.2) is 66.7 Å². The highest BCUT2D eigenvalue weighted by Crippen LogP contribution is 2.33. The number of carbonyl (C=O) groups is 1. The van der Waals surface area contributed by atoms with E-state index in [4.69, 9.17) is 32.7 Å². The Kier molecular flexibility index (Phi) is 6.13. The van der Waals surface area contributed by atoms with E-state index in [1.54, 1.807) is 48.5 Å². The molecule has 0 saturated carbocycles. The predicted molar refractivity (Wildman–Crippen MR) is 105 cm³/mol. The molecule has 0 radical (unpaired) electrons. The monoisotopic (exact) mass is 417 g/mol. The van der Waals surface area contributed by atoms with E-state index in [2.05, 4.69) is 0 Å². The van der Waals surface area contributed by atoms with Gasteiger partial charge in [-0.2, -0.15) is 0 Å². The van der Waals surface area contributed by atoms with Crippen molar-refractivity contribution in [1.29, 1.82) is 0 Å². The Bertz CT molecular complexity index is 1020. The summed E-state index contributed by atoms with van der Waals surface area (Å²) in [5.41, 5.74) is 0.501. The second kappa shape index (κ2) is 8.73. The van der Waals surface area contributed by atoms with E-state index in [0.29, 0.717) is 26.9 Å². The summed E-state index contributed by atoms with van der Waals surface area (Å²) in [6, 6.07) is 17.1. The second-order valence-corrected chi connectivity index (χ2v) is 6.57. The van der Waals surface area contributed by atoms with Gasteiger partial charge >= 0.3 is 11.7 Å². The molecule has 0 aliphatic heterocycles. The number of hydrogen-bond donors (Lipinski definition) is 0. The molecule has 3 aromatic rings. The summed E-state index contributed by atoms with van der Waals surface area (Å²) in [6.45, 7) is -0.132. The van der Waals surface area contributed by atoms with Gasteiger partial charge in [0.2, 0.25) is 5.75 Å². The minimum Gasteiger partial charge on any atom is -0.457 e. The normalized spacial score (nSPS) is 10.4. The Labute approximate surface area is 170 Å². The Hall–Kier alpha value is -3.09. The molecule has 0 aromatic heterocycles. The molecular weight excluding hydrogens is 405 g/mol. The molecule has 0 aliphatic rings. The molecule has 3 rings (SSSR count). The van der Waals surface area contributed by atoms with Gasteiger partial charge in [-0.1, -0.05) is 35.3 Å². The minimum absolute atomic E-state index is 0.0669. The lowest BCUT2D eigenvalue weighted by Crippen LogP contribution is -2.05. The number of nitro groups is 1. The van der Waals surface area contributed by atoms with Crippen LogP contribution in [0.25, 0.3) is 0 Å². The highest BCUT2D eigenvalue weighted by molar-refractivity contribution is 6.31. The van der Waals surface area contributed by atoms with Crippen molar-refractivity contribution >= 4 is 34.9 Å². The maximum atomic E-state index is 12.1. The molecule has 0 atom stereocenters. The molecule has 0 heterocycles. The molecule has 0 spiro atoms. The smallest absolute Gasteiger partial charge is 0.338 e. The van der Waals surface area contributed by atoms with Gasteiger partial charge in [-0.25, -0.2) is 4.79 Å². The number of halogens is 2. The molecule has 0 unspecified atom stereocenters. The van der Waals surface area contributed by atoms with Crippen molar-refractivity contribution in [1.82, 2.24) is 0 Å². The van der Waals surface area contributed by atoms with Crippen LogP contribution in [0, 0.1) is 10.1 Å². The quantitative estimate of drug-likeness (QED) is 0.277. The molecule has 3 aromatic carbocycles. The average Bonchev–Trinajstić information content (AvgIpc) is 2.68. The van der Waals surface area contributed by atoms with Crippen LogP contribution >= 0.6 is 23.2 Å². The largest absolute Gasteiger partial charge is 0.457 e. The van der Waals surface area contributed by atoms with E-state index in [1.165, 1.54) is 18.2 Å². The van der Waals surface area contributed by atoms with Gasteiger partial charge in [-0.3, -0.25) is 10.1 Å². The fourth-order valence-electron chi connectivity index (χ4n) is 2.36. The van der Waals surface area contributed by atoms with Crippen molar-refractivity contribution in [3.05, 3.63) is 98.0 Å². The topological polar surface area (TPSA) is 78.7 Å². The van der Waals surface area contributed by atoms with Gasteiger partial charge in [-0.15, -0.1) is 0 Å². The van der Waals surface area contributed by atoms with Crippen LogP contribution in [-0.4, -0.2) is 10.9 Å². The van der Waals surface area contributed by atoms with Crippen molar-refractivity contribution in [2.45, 2.75) is 6.61 Å². The fraction of sp³-hybridized carbons (Fsp3) is 0.0500. The van der Waals surface area contributed by atoms with Gasteiger partial charge in [0.05, 0.1) is 10.5 Å². The molecule has 142 valence electrons. The molecule has 0 N–H and O–H groups in total. The van der Waals surface area contributed by atoms with Crippen LogP contribution in [0.3, 0.4) is 0 Å². The standard InChI is InChI=1S/C20H13Cl2NO5/c21-15-5-7-17(8-6-15)28-19-9-4-13(10-18(19)23(25)26)12-27-20(24)14-2-1-3-16(22)11-14/h1-11H,12H2. The van der Waals surface area contributed by atoms with Crippen LogP contribution in [0.4, 0.5) is 5.69 Å². The van der Waals surface area contributed by atoms with Gasteiger partial charge in [0, 0.05) is 16.1 Å². The maximum absolute atomic E-state index is 12.1. The van der Waals surface area contributed by atoms with E-state index < -0.39 is 10.9 Å². The predicted octanol–water partition coefficient (Wildman–Crippen LogP) is 6.05. The number of rotatable bonds is 6. The summed E-state index contributed by atoms with van der Waals surface area (Å²) in [5, 5.41) is 12.3. The molecule has 6 nitrogen and oxygen atoms in total. The lowest BCUT2D eigenvalue weighted by atomic mass is 10.2. The van der Waals surface area contributed by atoms with Crippen LogP contribution in [0.1, 0.15) is 15.9 Å². The Morgan fingerprint density at radius 1 is 0.964 bits per heavy atom. The first-order chi connectivity index (χ1) is 13.4. The third-order valence-electron chi connectivity index (χ3n) is 3.69. The van der Waals surface area contributed by atoms with Gasteiger partial charge in [-0.05, 0) is 54.1 Å². The van der Waals surface area contributed by atoms with Crippen LogP contribution in [-0.2, 0) is 11.3 Å². The Morgan fingerprint density at radius 2 is 1.71 bits per heavy atom. The van der Waals surface area contributed by atoms with Gasteiger partial charge in [0.15, 0.2) is 0 Å². The first-order valence-corrected chi connectivity index (χ1v) is 8.81. The van der Waals surface area contributed by atoms with E-state index >= 15 is 0 Å². The number of benzene rings is 3. The first-order valence-electron chi connectivity index (χ1n) is 8.06. The molecule has 0 fully saturated rings. The third kappa shape index (κ3) is 5.00. The first kappa shape index (κ1) is 19.7. The number of hydrogen-bond acceptors (Lipinski definition) is 5. The molecular formula is C20H13Cl2NO5. The van der Waals surface area contributed by atoms with E-state index in [9.17, 15) is 14.9 Å². The summed E-state index contributed by atoms with van der Waals surface area (Å²) in [7, 11) is 0. The highest BCUT2D eigenvalue weighted by atomic mass is 35.5. The number of nitrogens with zero attached hydrogens (tertiary/aromatic N) is 1. The molecule has 0 amide bonds. The Morgan fingerprint density at radius 3 is 2.39 bits per heavy atom. The minimum atomic E-state index is -0.577. The van der Waals surface area contributed by atoms with Crippen molar-refractivity contribution in [3.8, 4) is 11.5 Å². The summed E-state index contributed by atoms with van der Waals surface area (Å²) in [4.78, 5) is 22.9. The number of ether oxygens (including phenoxy) is 2. The van der Waals surface area contributed by atoms with Gasteiger partial charge < -0.3 is 9.47 Å². The van der Waals surface area contributed by atoms with Crippen molar-refractivity contribution < 1.29 is 19.2 Å². The van der Waals surface area contributed by atoms with Crippen LogP contribution in [0.2, 0.25) is 10.0 Å². The summed E-state index contributed by atoms with van der Waals surface area (Å²) in [6.07, 6.45) is 0. The van der Waals surface area contributed by atoms with Gasteiger partial charge in [0.25, 0.3) is 0 Å². The molecule has 28 heavy (non-hydrogen) atoms. The van der Waals surface area contributed by atoms with Crippen LogP contribution in [0.5, 0.6) is 11.5 Å². The zero-order valence-electron chi connectivity index (χ0n) is 14.3. The number of carbonyl (C=O) groups excluding carboxylic acids is 1. The zero-order chi connectivity index (χ0) is 20.1. The summed E-state index contributed by atoms with van der Waals surface area (Å²) in [5.74, 6) is -0.100. The van der Waals surface area contributed by atoms with E-state index in [-0.39, 0.29) is 18.0 Å². The summed E-state index contributed by atoms with van der Waals surface area (Å²) < 4.78 is 10.8. The second-order valence-electron chi connectivity index (χ2n) is 5.70. The van der Waals surface area contributed by atoms with Crippen LogP contribution < -0.4 is 4.74 Å². The van der Waals surface area contributed by atoms with Crippen molar-refractivity contribution in [2.24, 2.45) is 0 Å². The molecule has 0 bridgehead atoms. The SMILES string of the molecule is O=C(OCc1ccc(Oc2ccc(Cl)cc2)c([N+](=O)[O-])c1)c1cccc(Cl)c1. The summed E-state index contributed by atoms with van der Waals surface area (Å²) >= 11 is 11.7. The fourth-order valence-corrected chi connectivity index (χ4v) is 2.68. The van der Waals surface area contributed by atoms with E-state index in [1.807, 2.05) is 0 Å². The average molecular weight is 418 g/mol. The van der Waals surface area contributed by atoms with Crippen molar-refractivity contribution in [2.75, 3.05) is 0 Å². The molecule has 0 saturated heterocycles. The zero-order valence-corrected chi connectivity index (χ0v) is 15.8. The third-order valence-corrected chi connectivity index (χ3v) is 4.18. The highest BCUT2D eigenvalue weighted by Gasteiger charge is 2.18. The van der Waals surface area contributed by atoms with E-state index in [0.717, 1.165) is 0 Å². The molecule has 8 heteroatoms. The number of esters is 1. The number of nitro benzene ring substituents is 1.